The molecule has 0 aromatic heterocycles. The highest BCUT2D eigenvalue weighted by Gasteiger charge is 2.55. The van der Waals surface area contributed by atoms with Crippen LogP contribution in [0.4, 0.5) is 8.78 Å². The van der Waals surface area contributed by atoms with Crippen LogP contribution in [0.2, 0.25) is 5.02 Å². The van der Waals surface area contributed by atoms with Crippen molar-refractivity contribution in [2.24, 2.45) is 11.3 Å². The molecule has 0 unspecified atom stereocenters. The maximum absolute atomic E-state index is 12.8. The zero-order chi connectivity index (χ0) is 18.2. The number of hydrogen-bond acceptors (Lipinski definition) is 4. The normalized spacial score (nSPS) is 25.8. The molecule has 1 amide bonds. The van der Waals surface area contributed by atoms with Crippen molar-refractivity contribution >= 4 is 23.5 Å². The number of halogens is 3. The van der Waals surface area contributed by atoms with Crippen LogP contribution in [-0.4, -0.2) is 54.8 Å². The van der Waals surface area contributed by atoms with E-state index < -0.39 is 23.9 Å². The van der Waals surface area contributed by atoms with E-state index in [1.165, 1.54) is 23.1 Å². The third-order valence-corrected chi connectivity index (χ3v) is 5.04. The molecule has 1 aromatic rings. The number of rotatable bonds is 4. The molecule has 1 N–H and O–H groups in total. The van der Waals surface area contributed by atoms with E-state index in [2.05, 4.69) is 4.74 Å². The Morgan fingerprint density at radius 3 is 2.84 bits per heavy atom. The number of carboxylic acid groups (broad SMARTS) is 1. The topological polar surface area (TPSA) is 76.1 Å². The summed E-state index contributed by atoms with van der Waals surface area (Å²) >= 11 is 5.88. The Hall–Kier alpha value is -1.93. The number of ether oxygens (including phenoxy) is 2. The van der Waals surface area contributed by atoms with Gasteiger partial charge in [-0.05, 0) is 24.6 Å². The summed E-state index contributed by atoms with van der Waals surface area (Å²) in [5.74, 6) is -2.21. The largest absolute Gasteiger partial charge is 0.481 e. The second-order valence-electron chi connectivity index (χ2n) is 6.19. The first-order valence-electron chi connectivity index (χ1n) is 7.68. The Kier molecular flexibility index (Phi) is 4.83. The summed E-state index contributed by atoms with van der Waals surface area (Å²) in [5, 5.41) is 9.84. The SMILES string of the molecule is O=C(c1cc(Cl)ccc1OC(F)F)N1C[C@H]2COCC[C@@]2(C(=O)O)C1. The Morgan fingerprint density at radius 2 is 2.20 bits per heavy atom. The predicted molar refractivity (Wildman–Crippen MR) is 83.0 cm³/mol. The molecule has 136 valence electrons. The Balaban J connectivity index is 1.89. The van der Waals surface area contributed by atoms with E-state index in [0.717, 1.165) is 0 Å². The van der Waals surface area contributed by atoms with Gasteiger partial charge in [0.15, 0.2) is 0 Å². The highest BCUT2D eigenvalue weighted by Crippen LogP contribution is 2.43. The van der Waals surface area contributed by atoms with Gasteiger partial charge in [-0.3, -0.25) is 9.59 Å². The number of carbonyl (C=O) groups excluding carboxylic acids is 1. The van der Waals surface area contributed by atoms with E-state index in [-0.39, 0.29) is 41.9 Å². The average molecular weight is 376 g/mol. The number of alkyl halides is 2. The highest BCUT2D eigenvalue weighted by molar-refractivity contribution is 6.31. The van der Waals surface area contributed by atoms with Crippen LogP contribution in [0.3, 0.4) is 0 Å². The summed E-state index contributed by atoms with van der Waals surface area (Å²) in [5.41, 5.74) is -1.19. The quantitative estimate of drug-likeness (QED) is 0.875. The molecule has 2 aliphatic heterocycles. The molecule has 1 aromatic carbocycles. The summed E-state index contributed by atoms with van der Waals surface area (Å²) in [6, 6.07) is 3.78. The van der Waals surface area contributed by atoms with E-state index in [4.69, 9.17) is 16.3 Å². The van der Waals surface area contributed by atoms with Gasteiger partial charge < -0.3 is 19.5 Å². The lowest BCUT2D eigenvalue weighted by molar-refractivity contribution is -0.157. The van der Waals surface area contributed by atoms with Crippen molar-refractivity contribution in [1.82, 2.24) is 4.90 Å². The van der Waals surface area contributed by atoms with Crippen molar-refractivity contribution in [3.05, 3.63) is 28.8 Å². The van der Waals surface area contributed by atoms with Gasteiger partial charge in [-0.15, -0.1) is 0 Å². The van der Waals surface area contributed by atoms with Gasteiger partial charge in [0, 0.05) is 30.6 Å². The molecule has 0 radical (unpaired) electrons. The number of carbonyl (C=O) groups is 2. The van der Waals surface area contributed by atoms with Crippen molar-refractivity contribution in [2.75, 3.05) is 26.3 Å². The second-order valence-corrected chi connectivity index (χ2v) is 6.62. The number of likely N-dealkylation sites (tertiary alicyclic amines) is 1. The molecular formula is C16H16ClF2NO5. The zero-order valence-electron chi connectivity index (χ0n) is 13.1. The van der Waals surface area contributed by atoms with Gasteiger partial charge in [-0.2, -0.15) is 8.78 Å². The highest BCUT2D eigenvalue weighted by atomic mass is 35.5. The fourth-order valence-corrected chi connectivity index (χ4v) is 3.66. The molecule has 0 aliphatic carbocycles. The number of benzene rings is 1. The average Bonchev–Trinajstić information content (AvgIpc) is 2.96. The van der Waals surface area contributed by atoms with Crippen LogP contribution in [0.25, 0.3) is 0 Å². The molecule has 9 heteroatoms. The molecule has 0 bridgehead atoms. The van der Waals surface area contributed by atoms with Crippen LogP contribution < -0.4 is 4.74 Å². The van der Waals surface area contributed by atoms with Crippen LogP contribution in [0, 0.1) is 11.3 Å². The maximum atomic E-state index is 12.8. The van der Waals surface area contributed by atoms with Gasteiger partial charge in [0.1, 0.15) is 5.75 Å². The molecule has 25 heavy (non-hydrogen) atoms. The maximum Gasteiger partial charge on any atom is 0.387 e. The Bertz CT molecular complexity index is 701. The van der Waals surface area contributed by atoms with Crippen LogP contribution >= 0.6 is 11.6 Å². The van der Waals surface area contributed by atoms with E-state index in [9.17, 15) is 23.5 Å². The number of hydrogen-bond donors (Lipinski definition) is 1. The first-order chi connectivity index (χ1) is 11.8. The lowest BCUT2D eigenvalue weighted by Crippen LogP contribution is -2.45. The molecule has 6 nitrogen and oxygen atoms in total. The third kappa shape index (κ3) is 3.28. The summed E-state index contributed by atoms with van der Waals surface area (Å²) in [6.07, 6.45) is 0.298. The van der Waals surface area contributed by atoms with E-state index in [1.807, 2.05) is 0 Å². The van der Waals surface area contributed by atoms with E-state index in [1.54, 1.807) is 0 Å². The van der Waals surface area contributed by atoms with Gasteiger partial charge >= 0.3 is 12.6 Å². The molecule has 2 fully saturated rings. The van der Waals surface area contributed by atoms with Crippen LogP contribution in [0.5, 0.6) is 5.75 Å². The minimum Gasteiger partial charge on any atom is -0.481 e. The Morgan fingerprint density at radius 1 is 1.44 bits per heavy atom. The second kappa shape index (κ2) is 6.76. The third-order valence-electron chi connectivity index (χ3n) is 4.81. The molecule has 2 heterocycles. The molecular weight excluding hydrogens is 360 g/mol. The van der Waals surface area contributed by atoms with Crippen molar-refractivity contribution < 1.29 is 33.0 Å². The molecule has 0 spiro atoms. The smallest absolute Gasteiger partial charge is 0.387 e. The van der Waals surface area contributed by atoms with Crippen molar-refractivity contribution in [1.29, 1.82) is 0 Å². The van der Waals surface area contributed by atoms with Gasteiger partial charge in [0.25, 0.3) is 5.91 Å². The summed E-state index contributed by atoms with van der Waals surface area (Å²) in [6.45, 7) is -2.37. The first-order valence-corrected chi connectivity index (χ1v) is 8.06. The number of amides is 1. The van der Waals surface area contributed by atoms with Gasteiger partial charge in [-0.25, -0.2) is 0 Å². The number of carboxylic acids is 1. The first kappa shape index (κ1) is 17.9. The zero-order valence-corrected chi connectivity index (χ0v) is 13.8. The minimum atomic E-state index is -3.09. The van der Waals surface area contributed by atoms with Crippen molar-refractivity contribution in [2.45, 2.75) is 13.0 Å². The van der Waals surface area contributed by atoms with Gasteiger partial charge in [-0.1, -0.05) is 11.6 Å². The molecule has 2 saturated heterocycles. The lowest BCUT2D eigenvalue weighted by atomic mass is 9.74. The standard InChI is InChI=1S/C16H16ClF2NO5/c17-10-1-2-12(25-15(18)19)11(5-10)13(21)20-6-9-7-24-4-3-16(9,8-20)14(22)23/h1-2,5,9,15H,3-4,6-8H2,(H,22,23)/t9-,16+/m0/s1. The molecule has 3 rings (SSSR count). The fraction of sp³-hybridized carbons (Fsp3) is 0.500. The summed E-state index contributed by atoms with van der Waals surface area (Å²) in [4.78, 5) is 26.0. The summed E-state index contributed by atoms with van der Waals surface area (Å²) in [7, 11) is 0. The molecule has 2 atom stereocenters. The summed E-state index contributed by atoms with van der Waals surface area (Å²) < 4.78 is 34.9. The van der Waals surface area contributed by atoms with Crippen molar-refractivity contribution in [3.8, 4) is 5.75 Å². The fourth-order valence-electron chi connectivity index (χ4n) is 3.49. The number of aliphatic carboxylic acids is 1. The molecule has 0 saturated carbocycles. The monoisotopic (exact) mass is 375 g/mol. The Labute approximate surface area is 147 Å². The van der Waals surface area contributed by atoms with Gasteiger partial charge in [0.05, 0.1) is 17.6 Å². The minimum absolute atomic E-state index is 0.00414. The van der Waals surface area contributed by atoms with Crippen molar-refractivity contribution in [3.63, 3.8) is 0 Å². The lowest BCUT2D eigenvalue weighted by Gasteiger charge is -2.33. The van der Waals surface area contributed by atoms with Crippen LogP contribution in [-0.2, 0) is 9.53 Å². The van der Waals surface area contributed by atoms with E-state index >= 15 is 0 Å². The predicted octanol–water partition coefficient (Wildman–Crippen LogP) is 2.50. The van der Waals surface area contributed by atoms with Crippen LogP contribution in [0.1, 0.15) is 16.8 Å². The molecule has 2 aliphatic rings. The van der Waals surface area contributed by atoms with E-state index in [0.29, 0.717) is 13.0 Å². The van der Waals surface area contributed by atoms with Crippen LogP contribution in [0.15, 0.2) is 18.2 Å². The number of fused-ring (bicyclic) bond motifs is 1. The van der Waals surface area contributed by atoms with Gasteiger partial charge in [0.2, 0.25) is 0 Å². The number of nitrogens with zero attached hydrogens (tertiary/aromatic N) is 1.